The molecule has 1 rings (SSSR count). The molecule has 0 radical (unpaired) electrons. The van der Waals surface area contributed by atoms with Gasteiger partial charge in [0.25, 0.3) is 0 Å². The number of hydrogen-bond acceptors (Lipinski definition) is 4. The minimum absolute atomic E-state index is 0.180. The molecule has 0 aliphatic rings. The molecule has 0 aliphatic carbocycles. The molecule has 1 N–H and O–H groups in total. The van der Waals surface area contributed by atoms with Crippen molar-refractivity contribution < 1.29 is 9.53 Å². The summed E-state index contributed by atoms with van der Waals surface area (Å²) in [4.78, 5) is 11.5. The van der Waals surface area contributed by atoms with Crippen LogP contribution in [0.2, 0.25) is 0 Å². The lowest BCUT2D eigenvalue weighted by atomic mass is 10.0. The van der Waals surface area contributed by atoms with Crippen LogP contribution in [0, 0.1) is 5.92 Å². The van der Waals surface area contributed by atoms with Gasteiger partial charge in [0.05, 0.1) is 7.11 Å². The molecule has 0 aliphatic heterocycles. The van der Waals surface area contributed by atoms with Crippen LogP contribution in [-0.4, -0.2) is 25.7 Å². The Kier molecular flexibility index (Phi) is 5.49. The maximum atomic E-state index is 11.5. The summed E-state index contributed by atoms with van der Waals surface area (Å²) in [7, 11) is 1.43. The van der Waals surface area contributed by atoms with Crippen LogP contribution in [0.15, 0.2) is 16.8 Å². The molecule has 1 aromatic rings. The smallest absolute Gasteiger partial charge is 0.323 e. The molecule has 0 bridgehead atoms. The molecule has 0 aromatic carbocycles. The topological polar surface area (TPSA) is 38.3 Å². The molecule has 0 fully saturated rings. The van der Waals surface area contributed by atoms with Crippen LogP contribution in [0.25, 0.3) is 0 Å². The summed E-state index contributed by atoms with van der Waals surface area (Å²) >= 11 is 1.70. The van der Waals surface area contributed by atoms with E-state index in [9.17, 15) is 4.79 Å². The fourth-order valence-corrected chi connectivity index (χ4v) is 2.23. The molecule has 1 aromatic heterocycles. The third-order valence-corrected chi connectivity index (χ3v) is 3.21. The third-order valence-electron chi connectivity index (χ3n) is 2.48. The van der Waals surface area contributed by atoms with Crippen LogP contribution < -0.4 is 5.32 Å². The number of carbonyl (C=O) groups is 1. The van der Waals surface area contributed by atoms with Crippen LogP contribution in [-0.2, 0) is 16.0 Å². The van der Waals surface area contributed by atoms with Crippen LogP contribution in [0.3, 0.4) is 0 Å². The van der Waals surface area contributed by atoms with E-state index in [4.69, 9.17) is 4.74 Å². The van der Waals surface area contributed by atoms with Crippen LogP contribution >= 0.6 is 11.3 Å². The van der Waals surface area contributed by atoms with Gasteiger partial charge in [-0.2, -0.15) is 11.3 Å². The zero-order valence-electron chi connectivity index (χ0n) is 10.0. The van der Waals surface area contributed by atoms with Crippen LogP contribution in [0.5, 0.6) is 0 Å². The summed E-state index contributed by atoms with van der Waals surface area (Å²) in [5.74, 6) is 0.0650. The quantitative estimate of drug-likeness (QED) is 0.775. The third kappa shape index (κ3) is 3.94. The fraction of sp³-hybridized carbons (Fsp3) is 0.583. The van der Waals surface area contributed by atoms with E-state index in [1.807, 2.05) is 13.8 Å². The number of rotatable bonds is 6. The number of methoxy groups -OCH3 is 1. The van der Waals surface area contributed by atoms with E-state index in [0.29, 0.717) is 0 Å². The molecule has 0 saturated carbocycles. The first-order valence-corrected chi connectivity index (χ1v) is 6.41. The number of thiophene rings is 1. The number of nitrogens with one attached hydrogen (secondary N) is 1. The molecule has 0 amide bonds. The zero-order chi connectivity index (χ0) is 12.0. The van der Waals surface area contributed by atoms with E-state index in [-0.39, 0.29) is 17.9 Å². The molecule has 16 heavy (non-hydrogen) atoms. The van der Waals surface area contributed by atoms with E-state index in [0.717, 1.165) is 13.0 Å². The highest BCUT2D eigenvalue weighted by Gasteiger charge is 2.21. The van der Waals surface area contributed by atoms with Gasteiger partial charge in [-0.1, -0.05) is 13.8 Å². The van der Waals surface area contributed by atoms with Gasteiger partial charge < -0.3 is 10.1 Å². The Bertz CT molecular complexity index is 309. The van der Waals surface area contributed by atoms with Gasteiger partial charge in [-0.25, -0.2) is 0 Å². The lowest BCUT2D eigenvalue weighted by Crippen LogP contribution is -2.42. The Morgan fingerprint density at radius 3 is 2.81 bits per heavy atom. The lowest BCUT2D eigenvalue weighted by molar-refractivity contribution is -0.144. The highest BCUT2D eigenvalue weighted by Crippen LogP contribution is 2.07. The van der Waals surface area contributed by atoms with Crippen molar-refractivity contribution in [1.29, 1.82) is 0 Å². The largest absolute Gasteiger partial charge is 0.468 e. The maximum Gasteiger partial charge on any atom is 0.323 e. The Hall–Kier alpha value is -0.870. The second kappa shape index (κ2) is 6.66. The second-order valence-corrected chi connectivity index (χ2v) is 4.86. The molecule has 1 atom stereocenters. The second-order valence-electron chi connectivity index (χ2n) is 4.08. The predicted molar refractivity (Wildman–Crippen MR) is 66.7 cm³/mol. The van der Waals surface area contributed by atoms with Crippen LogP contribution in [0.4, 0.5) is 0 Å². The minimum atomic E-state index is -0.205. The van der Waals surface area contributed by atoms with E-state index in [1.165, 1.54) is 12.7 Å². The van der Waals surface area contributed by atoms with Gasteiger partial charge in [0.2, 0.25) is 0 Å². The number of ether oxygens (including phenoxy) is 1. The van der Waals surface area contributed by atoms with Gasteiger partial charge in [-0.15, -0.1) is 0 Å². The summed E-state index contributed by atoms with van der Waals surface area (Å²) < 4.78 is 4.76. The van der Waals surface area contributed by atoms with Gasteiger partial charge >= 0.3 is 5.97 Å². The van der Waals surface area contributed by atoms with Crippen molar-refractivity contribution in [3.8, 4) is 0 Å². The highest BCUT2D eigenvalue weighted by molar-refractivity contribution is 7.07. The summed E-state index contributed by atoms with van der Waals surface area (Å²) in [6.07, 6.45) is 0.948. The minimum Gasteiger partial charge on any atom is -0.468 e. The Morgan fingerprint density at radius 1 is 1.56 bits per heavy atom. The van der Waals surface area contributed by atoms with Gasteiger partial charge in [0.1, 0.15) is 6.04 Å². The lowest BCUT2D eigenvalue weighted by Gasteiger charge is -2.19. The SMILES string of the molecule is COC(=O)C(NCCc1ccsc1)C(C)C. The summed E-state index contributed by atoms with van der Waals surface area (Å²) in [6, 6.07) is 1.90. The normalized spacial score (nSPS) is 12.8. The molecule has 0 spiro atoms. The highest BCUT2D eigenvalue weighted by atomic mass is 32.1. The first kappa shape index (κ1) is 13.2. The van der Waals surface area contributed by atoms with E-state index in [1.54, 1.807) is 11.3 Å². The van der Waals surface area contributed by atoms with Crippen molar-refractivity contribution >= 4 is 17.3 Å². The van der Waals surface area contributed by atoms with Crippen molar-refractivity contribution in [2.24, 2.45) is 5.92 Å². The molecular formula is C12H19NO2S. The van der Waals surface area contributed by atoms with Gasteiger partial charge in [0.15, 0.2) is 0 Å². The Morgan fingerprint density at radius 2 is 2.31 bits per heavy atom. The molecule has 3 nitrogen and oxygen atoms in total. The number of hydrogen-bond donors (Lipinski definition) is 1. The molecule has 1 unspecified atom stereocenters. The van der Waals surface area contributed by atoms with Gasteiger partial charge in [0, 0.05) is 6.54 Å². The standard InChI is InChI=1S/C12H19NO2S/c1-9(2)11(12(14)15-3)13-6-4-10-5-7-16-8-10/h5,7-9,11,13H,4,6H2,1-3H3. The fourth-order valence-electron chi connectivity index (χ4n) is 1.53. The first-order chi connectivity index (χ1) is 7.65. The maximum absolute atomic E-state index is 11.5. The zero-order valence-corrected chi connectivity index (χ0v) is 10.8. The first-order valence-electron chi connectivity index (χ1n) is 5.47. The summed E-state index contributed by atoms with van der Waals surface area (Å²) in [5.41, 5.74) is 1.31. The summed E-state index contributed by atoms with van der Waals surface area (Å²) in [6.45, 7) is 4.83. The van der Waals surface area contributed by atoms with E-state index < -0.39 is 0 Å². The molecule has 1 heterocycles. The number of carbonyl (C=O) groups excluding carboxylic acids is 1. The van der Waals surface area contributed by atoms with Gasteiger partial charge in [-0.3, -0.25) is 4.79 Å². The monoisotopic (exact) mass is 241 g/mol. The summed E-state index contributed by atoms with van der Waals surface area (Å²) in [5, 5.41) is 7.43. The van der Waals surface area contributed by atoms with Gasteiger partial charge in [-0.05, 0) is 34.7 Å². The average molecular weight is 241 g/mol. The molecule has 4 heteroatoms. The van der Waals surface area contributed by atoms with Crippen molar-refractivity contribution in [2.45, 2.75) is 26.3 Å². The molecule has 90 valence electrons. The van der Waals surface area contributed by atoms with Crippen molar-refractivity contribution in [1.82, 2.24) is 5.32 Å². The van der Waals surface area contributed by atoms with Crippen molar-refractivity contribution in [2.75, 3.05) is 13.7 Å². The van der Waals surface area contributed by atoms with E-state index in [2.05, 4.69) is 22.1 Å². The van der Waals surface area contributed by atoms with E-state index >= 15 is 0 Å². The molecule has 0 saturated heterocycles. The predicted octanol–water partition coefficient (Wildman–Crippen LogP) is 2.08. The van der Waals surface area contributed by atoms with Crippen LogP contribution in [0.1, 0.15) is 19.4 Å². The van der Waals surface area contributed by atoms with Crippen molar-refractivity contribution in [3.63, 3.8) is 0 Å². The Labute approximate surface area is 101 Å². The molecular weight excluding hydrogens is 222 g/mol. The van der Waals surface area contributed by atoms with Crippen molar-refractivity contribution in [3.05, 3.63) is 22.4 Å². The number of esters is 1. The Balaban J connectivity index is 2.36. The average Bonchev–Trinajstić information content (AvgIpc) is 2.75.